The van der Waals surface area contributed by atoms with Gasteiger partial charge in [0.1, 0.15) is 5.69 Å². The number of benzene rings is 2. The zero-order valence-corrected chi connectivity index (χ0v) is 22.2. The molecule has 0 spiro atoms. The van der Waals surface area contributed by atoms with Crippen molar-refractivity contribution in [3.8, 4) is 11.1 Å². The number of hydrogen-bond donors (Lipinski definition) is 1. The smallest absolute Gasteiger partial charge is 0.306 e. The van der Waals surface area contributed by atoms with Crippen molar-refractivity contribution < 1.29 is 19.1 Å². The van der Waals surface area contributed by atoms with Gasteiger partial charge in [0.25, 0.3) is 5.91 Å². The van der Waals surface area contributed by atoms with Crippen molar-refractivity contribution >= 4 is 34.8 Å². The van der Waals surface area contributed by atoms with Gasteiger partial charge in [-0.15, -0.1) is 11.3 Å². The van der Waals surface area contributed by atoms with Gasteiger partial charge in [0.2, 0.25) is 5.91 Å². The third kappa shape index (κ3) is 6.83. The van der Waals surface area contributed by atoms with E-state index in [0.717, 1.165) is 41.1 Å². The lowest BCUT2D eigenvalue weighted by atomic mass is 9.97. The molecule has 3 aromatic rings. The second-order valence-corrected chi connectivity index (χ2v) is 9.97. The van der Waals surface area contributed by atoms with Crippen molar-refractivity contribution in [2.75, 3.05) is 25.0 Å². The molecular formula is C29H33N3O4S. The number of esters is 1. The molecule has 2 aromatic carbocycles. The summed E-state index contributed by atoms with van der Waals surface area (Å²) in [4.78, 5) is 43.5. The van der Waals surface area contributed by atoms with Crippen LogP contribution in [0, 0.1) is 0 Å². The van der Waals surface area contributed by atoms with E-state index < -0.39 is 0 Å². The Morgan fingerprint density at radius 3 is 2.46 bits per heavy atom. The Morgan fingerprint density at radius 2 is 1.76 bits per heavy atom. The summed E-state index contributed by atoms with van der Waals surface area (Å²) in [6.45, 7) is 5.45. The molecule has 7 nitrogen and oxygen atoms in total. The van der Waals surface area contributed by atoms with E-state index in [-0.39, 0.29) is 36.5 Å². The number of ether oxygens (including phenoxy) is 1. The Morgan fingerprint density at radius 1 is 1.03 bits per heavy atom. The summed E-state index contributed by atoms with van der Waals surface area (Å²) in [5.41, 5.74) is 4.45. The second kappa shape index (κ2) is 12.6. The van der Waals surface area contributed by atoms with Crippen LogP contribution in [0.3, 0.4) is 0 Å². The topological polar surface area (TPSA) is 88.6 Å². The predicted molar refractivity (Wildman–Crippen MR) is 146 cm³/mol. The SMILES string of the molecule is CCOC(=O)CCC(=O)N1CCC(c2nc(C(=O)Nc3ccccc3-c3ccc(CC)cc3)cs2)CC1. The van der Waals surface area contributed by atoms with Crippen molar-refractivity contribution in [1.29, 1.82) is 0 Å². The monoisotopic (exact) mass is 519 g/mol. The number of hydrogen-bond acceptors (Lipinski definition) is 6. The van der Waals surface area contributed by atoms with Gasteiger partial charge in [-0.05, 0) is 43.4 Å². The number of aryl methyl sites for hydroxylation is 1. The fourth-order valence-corrected chi connectivity index (χ4v) is 5.48. The number of amides is 2. The number of nitrogens with one attached hydrogen (secondary N) is 1. The summed E-state index contributed by atoms with van der Waals surface area (Å²) in [5, 5.41) is 5.77. The molecule has 1 fully saturated rings. The van der Waals surface area contributed by atoms with Crippen LogP contribution < -0.4 is 5.32 Å². The molecule has 0 atom stereocenters. The van der Waals surface area contributed by atoms with Crippen LogP contribution in [0.25, 0.3) is 11.1 Å². The first kappa shape index (κ1) is 26.5. The molecule has 4 rings (SSSR count). The van der Waals surface area contributed by atoms with Crippen LogP contribution in [0.1, 0.15) is 66.5 Å². The minimum atomic E-state index is -0.337. The highest BCUT2D eigenvalue weighted by Crippen LogP contribution is 2.32. The van der Waals surface area contributed by atoms with E-state index in [0.29, 0.717) is 25.4 Å². The molecule has 2 heterocycles. The third-order valence-electron chi connectivity index (χ3n) is 6.65. The average molecular weight is 520 g/mol. The number of likely N-dealkylation sites (tertiary alicyclic amines) is 1. The Labute approximate surface area is 221 Å². The van der Waals surface area contributed by atoms with Crippen molar-refractivity contribution in [2.24, 2.45) is 0 Å². The zero-order chi connectivity index (χ0) is 26.2. The normalized spacial score (nSPS) is 13.8. The van der Waals surface area contributed by atoms with Gasteiger partial charge in [0, 0.05) is 42.1 Å². The molecule has 8 heteroatoms. The third-order valence-corrected chi connectivity index (χ3v) is 7.66. The summed E-state index contributed by atoms with van der Waals surface area (Å²) in [5.74, 6) is -0.373. The van der Waals surface area contributed by atoms with Gasteiger partial charge >= 0.3 is 5.97 Å². The van der Waals surface area contributed by atoms with Gasteiger partial charge in [-0.2, -0.15) is 0 Å². The van der Waals surface area contributed by atoms with Gasteiger partial charge in [-0.3, -0.25) is 14.4 Å². The minimum absolute atomic E-state index is 0.0197. The van der Waals surface area contributed by atoms with E-state index in [2.05, 4.69) is 41.5 Å². The maximum absolute atomic E-state index is 13.1. The first-order chi connectivity index (χ1) is 18.0. The maximum Gasteiger partial charge on any atom is 0.306 e. The van der Waals surface area contributed by atoms with Crippen molar-refractivity contribution in [3.63, 3.8) is 0 Å². The zero-order valence-electron chi connectivity index (χ0n) is 21.4. The number of para-hydroxylation sites is 1. The quantitative estimate of drug-likeness (QED) is 0.368. The Kier molecular flexibility index (Phi) is 9.06. The van der Waals surface area contributed by atoms with E-state index >= 15 is 0 Å². The molecule has 2 amide bonds. The predicted octanol–water partition coefficient (Wildman–Crippen LogP) is 5.67. The van der Waals surface area contributed by atoms with E-state index in [9.17, 15) is 14.4 Å². The standard InChI is InChI=1S/C29H33N3O4S/c1-3-20-9-11-21(12-10-20)23-7-5-6-8-24(23)30-28(35)25-19-37-29(31-25)22-15-17-32(18-16-22)26(33)13-14-27(34)36-4-2/h5-12,19,22H,3-4,13-18H2,1-2H3,(H,30,35). The molecule has 0 radical (unpaired) electrons. The van der Waals surface area contributed by atoms with Crippen molar-refractivity contribution in [2.45, 2.75) is 51.9 Å². The highest BCUT2D eigenvalue weighted by atomic mass is 32.1. The largest absolute Gasteiger partial charge is 0.466 e. The Balaban J connectivity index is 1.34. The van der Waals surface area contributed by atoms with Crippen LogP contribution in [0.5, 0.6) is 0 Å². The van der Waals surface area contributed by atoms with Crippen LogP contribution in [0.4, 0.5) is 5.69 Å². The summed E-state index contributed by atoms with van der Waals surface area (Å²) in [6.07, 6.45) is 2.85. The summed E-state index contributed by atoms with van der Waals surface area (Å²) in [7, 11) is 0. The van der Waals surface area contributed by atoms with Crippen molar-refractivity contribution in [1.82, 2.24) is 9.88 Å². The van der Waals surface area contributed by atoms with E-state index in [1.54, 1.807) is 17.2 Å². The summed E-state index contributed by atoms with van der Waals surface area (Å²) in [6, 6.07) is 16.2. The summed E-state index contributed by atoms with van der Waals surface area (Å²) >= 11 is 1.49. The molecule has 37 heavy (non-hydrogen) atoms. The molecule has 0 bridgehead atoms. The highest BCUT2D eigenvalue weighted by molar-refractivity contribution is 7.10. The minimum Gasteiger partial charge on any atom is -0.466 e. The molecule has 194 valence electrons. The van der Waals surface area contributed by atoms with E-state index in [1.807, 2.05) is 24.3 Å². The second-order valence-electron chi connectivity index (χ2n) is 9.08. The fourth-order valence-electron chi connectivity index (χ4n) is 4.51. The van der Waals surface area contributed by atoms with Crippen LogP contribution >= 0.6 is 11.3 Å². The van der Waals surface area contributed by atoms with E-state index in [4.69, 9.17) is 4.74 Å². The van der Waals surface area contributed by atoms with Gasteiger partial charge < -0.3 is 15.0 Å². The lowest BCUT2D eigenvalue weighted by Crippen LogP contribution is -2.38. The van der Waals surface area contributed by atoms with Crippen LogP contribution in [0.15, 0.2) is 53.9 Å². The lowest BCUT2D eigenvalue weighted by Gasteiger charge is -2.31. The Bertz CT molecular complexity index is 1230. The molecule has 1 aliphatic heterocycles. The number of rotatable bonds is 9. The van der Waals surface area contributed by atoms with Crippen LogP contribution in [-0.4, -0.2) is 47.4 Å². The number of piperidine rings is 1. The highest BCUT2D eigenvalue weighted by Gasteiger charge is 2.26. The Hall–Kier alpha value is -3.52. The number of carbonyl (C=O) groups excluding carboxylic acids is 3. The maximum atomic E-state index is 13.1. The molecule has 1 aromatic heterocycles. The van der Waals surface area contributed by atoms with Gasteiger partial charge in [0.05, 0.1) is 18.0 Å². The fraction of sp³-hybridized carbons (Fsp3) is 0.379. The molecular weight excluding hydrogens is 486 g/mol. The van der Waals surface area contributed by atoms with Crippen LogP contribution in [0.2, 0.25) is 0 Å². The van der Waals surface area contributed by atoms with Gasteiger partial charge in [-0.1, -0.05) is 49.4 Å². The molecule has 1 aliphatic rings. The number of nitrogens with zero attached hydrogens (tertiary/aromatic N) is 2. The van der Waals surface area contributed by atoms with Crippen molar-refractivity contribution in [3.05, 3.63) is 70.2 Å². The average Bonchev–Trinajstić information content (AvgIpc) is 3.43. The number of anilines is 1. The lowest BCUT2D eigenvalue weighted by molar-refractivity contribution is -0.145. The molecule has 1 N–H and O–H groups in total. The first-order valence-electron chi connectivity index (χ1n) is 12.9. The molecule has 1 saturated heterocycles. The molecule has 0 saturated carbocycles. The number of thiazole rings is 1. The van der Waals surface area contributed by atoms with Gasteiger partial charge in [0.15, 0.2) is 0 Å². The first-order valence-corrected chi connectivity index (χ1v) is 13.7. The molecule has 0 aliphatic carbocycles. The number of aromatic nitrogens is 1. The molecule has 0 unspecified atom stereocenters. The van der Waals surface area contributed by atoms with Gasteiger partial charge in [-0.25, -0.2) is 4.98 Å². The summed E-state index contributed by atoms with van der Waals surface area (Å²) < 4.78 is 4.90. The number of carbonyl (C=O) groups is 3. The van der Waals surface area contributed by atoms with Crippen LogP contribution in [-0.2, 0) is 20.7 Å². The van der Waals surface area contributed by atoms with E-state index in [1.165, 1.54) is 16.9 Å².